The van der Waals surface area contributed by atoms with Crippen LogP contribution in [0.5, 0.6) is 0 Å². The quantitative estimate of drug-likeness (QED) is 0.709. The highest BCUT2D eigenvalue weighted by atomic mass is 32.2. The molecule has 1 aliphatic rings. The van der Waals surface area contributed by atoms with Gasteiger partial charge in [0.1, 0.15) is 5.78 Å². The molecule has 134 valence electrons. The third-order valence-corrected chi connectivity index (χ3v) is 6.51. The maximum atomic E-state index is 12.9. The monoisotopic (exact) mass is 359 g/mol. The van der Waals surface area contributed by atoms with Crippen LogP contribution in [0.4, 0.5) is 0 Å². The van der Waals surface area contributed by atoms with Crippen molar-refractivity contribution >= 4 is 15.6 Å². The molecule has 1 aromatic carbocycles. The Balaban J connectivity index is 2.24. The van der Waals surface area contributed by atoms with E-state index in [1.54, 1.807) is 24.3 Å². The summed E-state index contributed by atoms with van der Waals surface area (Å²) in [6.45, 7) is 3.71. The van der Waals surface area contributed by atoms with Gasteiger partial charge in [-0.15, -0.1) is 0 Å². The molecule has 0 unspecified atom stereocenters. The number of hydrogen-bond donors (Lipinski definition) is 0. The van der Waals surface area contributed by atoms with Crippen LogP contribution >= 0.6 is 0 Å². The number of allylic oxidation sites excluding steroid dienone is 1. The van der Waals surface area contributed by atoms with E-state index >= 15 is 0 Å². The summed E-state index contributed by atoms with van der Waals surface area (Å²) in [4.78, 5) is 13.0. The molecule has 0 bridgehead atoms. The Bertz CT molecular complexity index is 794. The fourth-order valence-electron chi connectivity index (χ4n) is 3.33. The van der Waals surface area contributed by atoms with Crippen molar-refractivity contribution in [3.8, 4) is 6.07 Å². The summed E-state index contributed by atoms with van der Waals surface area (Å²) in [6, 6.07) is 8.18. The highest BCUT2D eigenvalue weighted by molar-refractivity contribution is 7.94. The lowest BCUT2D eigenvalue weighted by molar-refractivity contribution is -0.124. The molecule has 5 heteroatoms. The molecule has 25 heavy (non-hydrogen) atoms. The molecule has 1 aliphatic carbocycles. The lowest BCUT2D eigenvalue weighted by Gasteiger charge is -2.28. The Morgan fingerprint density at radius 1 is 1.28 bits per heavy atom. The summed E-state index contributed by atoms with van der Waals surface area (Å²) >= 11 is 0. The summed E-state index contributed by atoms with van der Waals surface area (Å²) in [5.74, 6) is 0.604. The molecular weight excluding hydrogens is 334 g/mol. The number of carbonyl (C=O) groups is 1. The fourth-order valence-corrected chi connectivity index (χ4v) is 4.29. The summed E-state index contributed by atoms with van der Waals surface area (Å²) in [5, 5.41) is 9.43. The molecule has 0 heterocycles. The van der Waals surface area contributed by atoms with E-state index in [1.165, 1.54) is 25.3 Å². The number of hydrogen-bond acceptors (Lipinski definition) is 4. The SMILES string of the molecule is CC(C)(C(=O)CC1CCCCC1)c1cccc(S(=O)(=O)/C=C/C#N)c1. The third-order valence-electron chi connectivity index (χ3n) is 5.10. The minimum atomic E-state index is -3.67. The standard InChI is InChI=1S/C20H25NO3S/c1-20(2,19(22)14-16-8-4-3-5-9-16)17-10-6-11-18(15-17)25(23,24)13-7-12-21/h6-7,10-11,13,15-16H,3-5,8-9,14H2,1-2H3/b13-7+. The lowest BCUT2D eigenvalue weighted by Crippen LogP contribution is -2.31. The van der Waals surface area contributed by atoms with Crippen molar-refractivity contribution in [2.45, 2.75) is 62.7 Å². The Morgan fingerprint density at radius 3 is 2.60 bits per heavy atom. The first-order chi connectivity index (χ1) is 11.8. The van der Waals surface area contributed by atoms with Gasteiger partial charge in [0.25, 0.3) is 0 Å². The molecule has 1 saturated carbocycles. The van der Waals surface area contributed by atoms with Crippen LogP contribution in [0.1, 0.15) is 57.9 Å². The van der Waals surface area contributed by atoms with E-state index in [9.17, 15) is 13.2 Å². The lowest BCUT2D eigenvalue weighted by atomic mass is 9.75. The minimum absolute atomic E-state index is 0.107. The number of rotatable bonds is 6. The minimum Gasteiger partial charge on any atom is -0.299 e. The largest absolute Gasteiger partial charge is 0.299 e. The average molecular weight is 359 g/mol. The van der Waals surface area contributed by atoms with E-state index in [0.29, 0.717) is 17.9 Å². The zero-order valence-electron chi connectivity index (χ0n) is 14.9. The molecule has 0 atom stereocenters. The van der Waals surface area contributed by atoms with Crippen LogP contribution in [-0.2, 0) is 20.0 Å². The average Bonchev–Trinajstić information content (AvgIpc) is 2.61. The predicted octanol–water partition coefficient (Wildman–Crippen LogP) is 4.31. The van der Waals surface area contributed by atoms with E-state index in [2.05, 4.69) is 0 Å². The van der Waals surface area contributed by atoms with Gasteiger partial charge in [-0.3, -0.25) is 4.79 Å². The Kier molecular flexibility index (Phi) is 6.18. The second-order valence-corrected chi connectivity index (χ2v) is 9.09. The number of ketones is 1. The van der Waals surface area contributed by atoms with Gasteiger partial charge in [0, 0.05) is 23.3 Å². The molecule has 0 saturated heterocycles. The second kappa shape index (κ2) is 7.97. The number of benzene rings is 1. The molecule has 1 fully saturated rings. The van der Waals surface area contributed by atoms with Crippen LogP contribution < -0.4 is 0 Å². The Morgan fingerprint density at radius 2 is 1.96 bits per heavy atom. The summed E-state index contributed by atoms with van der Waals surface area (Å²) in [6.07, 6.45) is 7.35. The topological polar surface area (TPSA) is 75.0 Å². The molecule has 0 radical (unpaired) electrons. The zero-order chi connectivity index (χ0) is 18.5. The van der Waals surface area contributed by atoms with Gasteiger partial charge in [0.05, 0.1) is 11.0 Å². The summed E-state index contributed by atoms with van der Waals surface area (Å²) in [7, 11) is -3.67. The van der Waals surface area contributed by atoms with Gasteiger partial charge in [0.2, 0.25) is 9.84 Å². The van der Waals surface area contributed by atoms with Crippen molar-refractivity contribution in [1.82, 2.24) is 0 Å². The van der Waals surface area contributed by atoms with Crippen molar-refractivity contribution in [3.63, 3.8) is 0 Å². The summed E-state index contributed by atoms with van der Waals surface area (Å²) < 4.78 is 24.5. The number of carbonyl (C=O) groups excluding carboxylic acids is 1. The number of sulfone groups is 1. The first kappa shape index (κ1) is 19.4. The molecule has 0 aromatic heterocycles. The van der Waals surface area contributed by atoms with Crippen LogP contribution in [0.15, 0.2) is 40.6 Å². The molecular formula is C20H25NO3S. The van der Waals surface area contributed by atoms with Crippen molar-refractivity contribution in [1.29, 1.82) is 5.26 Å². The molecule has 0 spiro atoms. The Hall–Kier alpha value is -1.93. The van der Waals surface area contributed by atoms with E-state index in [-0.39, 0.29) is 10.7 Å². The normalized spacial score (nSPS) is 16.7. The van der Waals surface area contributed by atoms with Crippen molar-refractivity contribution in [3.05, 3.63) is 41.3 Å². The van der Waals surface area contributed by atoms with Gasteiger partial charge in [0.15, 0.2) is 0 Å². The summed E-state index contributed by atoms with van der Waals surface area (Å²) in [5.41, 5.74) is -0.0400. The van der Waals surface area contributed by atoms with Gasteiger partial charge in [-0.2, -0.15) is 5.26 Å². The van der Waals surface area contributed by atoms with Crippen molar-refractivity contribution in [2.24, 2.45) is 5.92 Å². The maximum absolute atomic E-state index is 12.9. The Labute approximate surface area is 150 Å². The number of nitrogens with zero attached hydrogens (tertiary/aromatic N) is 1. The second-order valence-electron chi connectivity index (χ2n) is 7.26. The fraction of sp³-hybridized carbons (Fsp3) is 0.500. The third kappa shape index (κ3) is 4.79. The maximum Gasteiger partial charge on any atom is 0.200 e. The van der Waals surface area contributed by atoms with E-state index in [4.69, 9.17) is 5.26 Å². The van der Waals surface area contributed by atoms with Crippen LogP contribution in [0.3, 0.4) is 0 Å². The highest BCUT2D eigenvalue weighted by Crippen LogP contribution is 2.33. The van der Waals surface area contributed by atoms with Crippen LogP contribution in [-0.4, -0.2) is 14.2 Å². The van der Waals surface area contributed by atoms with Crippen molar-refractivity contribution in [2.75, 3.05) is 0 Å². The van der Waals surface area contributed by atoms with Gasteiger partial charge >= 0.3 is 0 Å². The number of Topliss-reactive ketones (excluding diaryl/α,β-unsaturated/α-hetero) is 1. The van der Waals surface area contributed by atoms with E-state index < -0.39 is 15.3 Å². The highest BCUT2D eigenvalue weighted by Gasteiger charge is 2.32. The first-order valence-corrected chi connectivity index (χ1v) is 10.3. The van der Waals surface area contributed by atoms with Crippen molar-refractivity contribution < 1.29 is 13.2 Å². The zero-order valence-corrected chi connectivity index (χ0v) is 15.7. The molecule has 1 aromatic rings. The molecule has 0 aliphatic heterocycles. The molecule has 4 nitrogen and oxygen atoms in total. The smallest absolute Gasteiger partial charge is 0.200 e. The van der Waals surface area contributed by atoms with Gasteiger partial charge in [-0.25, -0.2) is 8.42 Å². The van der Waals surface area contributed by atoms with Crippen LogP contribution in [0.2, 0.25) is 0 Å². The predicted molar refractivity (Wildman–Crippen MR) is 97.6 cm³/mol. The van der Waals surface area contributed by atoms with Gasteiger partial charge in [-0.1, -0.05) is 44.2 Å². The van der Waals surface area contributed by atoms with Gasteiger partial charge < -0.3 is 0 Å². The molecule has 0 N–H and O–H groups in total. The molecule has 2 rings (SSSR count). The first-order valence-electron chi connectivity index (χ1n) is 8.72. The van der Waals surface area contributed by atoms with E-state index in [1.807, 2.05) is 13.8 Å². The van der Waals surface area contributed by atoms with E-state index in [0.717, 1.165) is 24.3 Å². The number of nitriles is 1. The van der Waals surface area contributed by atoms with Crippen LogP contribution in [0.25, 0.3) is 0 Å². The van der Waals surface area contributed by atoms with Crippen LogP contribution in [0, 0.1) is 17.2 Å². The molecule has 0 amide bonds. The van der Waals surface area contributed by atoms with Gasteiger partial charge in [-0.05, 0) is 37.5 Å².